The van der Waals surface area contributed by atoms with Gasteiger partial charge in [-0.25, -0.2) is 9.59 Å². The number of aliphatic carboxylic acids is 1. The minimum Gasteiger partial charge on any atom is -0.477 e. The monoisotopic (exact) mass is 671 g/mol. The first-order valence-electron chi connectivity index (χ1n) is 15.8. The molecule has 9 nitrogen and oxygen atoms in total. The third-order valence-electron chi connectivity index (χ3n) is 8.34. The Morgan fingerprint density at radius 1 is 0.878 bits per heavy atom. The number of alkyl halides is 3. The van der Waals surface area contributed by atoms with E-state index in [-0.39, 0.29) is 0 Å². The van der Waals surface area contributed by atoms with Crippen LogP contribution >= 0.6 is 0 Å². The number of aryl methyl sites for hydroxylation is 2. The van der Waals surface area contributed by atoms with Gasteiger partial charge in [-0.15, -0.1) is 0 Å². The number of fused-ring (bicyclic) bond motifs is 3. The molecule has 3 aromatic carbocycles. The van der Waals surface area contributed by atoms with Crippen molar-refractivity contribution in [2.24, 2.45) is 5.73 Å². The van der Waals surface area contributed by atoms with Gasteiger partial charge in [-0.1, -0.05) is 60.7 Å². The van der Waals surface area contributed by atoms with E-state index >= 15 is 0 Å². The molecular weight excluding hydrogens is 635 g/mol. The van der Waals surface area contributed by atoms with Crippen molar-refractivity contribution in [3.8, 4) is 22.4 Å². The number of carboxylic acid groups (broad SMARTS) is 2. The number of para-hydroxylation sites is 1. The molecule has 0 radical (unpaired) electrons. The number of hydrogen-bond acceptors (Lipinski definition) is 6. The van der Waals surface area contributed by atoms with Crippen LogP contribution in [0.5, 0.6) is 0 Å². The van der Waals surface area contributed by atoms with E-state index in [0.717, 1.165) is 66.0 Å². The number of halogens is 3. The average molecular weight is 672 g/mol. The number of benzene rings is 3. The maximum absolute atomic E-state index is 12.3. The standard InChI is InChI=1S/C35H35N5O2.C2HF3O2/c36-23-26-6-4-7-28(22-26)27-12-10-25(11-13-27)17-21-39(30-8-2-1-3-9-30)19-5-20-40-34(35(41)42)32-15-14-29-24-37-18-16-31(29)33(32)38-40;3-2(4,5)1(6)7/h1-4,6-13,16,18,22,24H,5,14-15,17,19-21,23,36H2,(H,41,42);(H,6,7). The minimum atomic E-state index is -5.08. The summed E-state index contributed by atoms with van der Waals surface area (Å²) >= 11 is 0. The number of nitrogens with two attached hydrogens (primary N) is 1. The van der Waals surface area contributed by atoms with E-state index in [1.807, 2.05) is 18.3 Å². The van der Waals surface area contributed by atoms with Crippen LogP contribution in [0.15, 0.2) is 97.3 Å². The van der Waals surface area contributed by atoms with Gasteiger partial charge in [0.15, 0.2) is 0 Å². The first-order valence-corrected chi connectivity index (χ1v) is 15.8. The number of aromatic nitrogens is 3. The minimum absolute atomic E-state index is 0.316. The normalized spacial score (nSPS) is 11.9. The van der Waals surface area contributed by atoms with Crippen LogP contribution in [0.25, 0.3) is 22.4 Å². The molecule has 4 N–H and O–H groups in total. The van der Waals surface area contributed by atoms with Crippen LogP contribution in [-0.2, 0) is 37.1 Å². The fourth-order valence-corrected chi connectivity index (χ4v) is 5.90. The zero-order chi connectivity index (χ0) is 35.0. The average Bonchev–Trinajstić information content (AvgIpc) is 3.49. The van der Waals surface area contributed by atoms with Gasteiger partial charge in [0.05, 0.1) is 5.69 Å². The van der Waals surface area contributed by atoms with E-state index < -0.39 is 18.1 Å². The Morgan fingerprint density at radius 2 is 1.61 bits per heavy atom. The summed E-state index contributed by atoms with van der Waals surface area (Å²) in [5.74, 6) is -3.67. The molecule has 0 atom stereocenters. The van der Waals surface area contributed by atoms with Gasteiger partial charge in [0.1, 0.15) is 5.69 Å². The molecule has 1 aliphatic rings. The molecule has 0 saturated heterocycles. The summed E-state index contributed by atoms with van der Waals surface area (Å²) in [6.07, 6.45) is 1.66. The molecule has 0 saturated carbocycles. The second kappa shape index (κ2) is 15.6. The molecule has 0 aliphatic heterocycles. The zero-order valence-corrected chi connectivity index (χ0v) is 26.6. The molecule has 2 heterocycles. The predicted octanol–water partition coefficient (Wildman–Crippen LogP) is 6.64. The first-order chi connectivity index (χ1) is 23.5. The van der Waals surface area contributed by atoms with Crippen molar-refractivity contribution in [1.29, 1.82) is 0 Å². The van der Waals surface area contributed by atoms with Crippen molar-refractivity contribution in [1.82, 2.24) is 14.8 Å². The molecule has 0 fully saturated rings. The second-order valence-corrected chi connectivity index (χ2v) is 11.6. The zero-order valence-electron chi connectivity index (χ0n) is 26.6. The van der Waals surface area contributed by atoms with E-state index in [4.69, 9.17) is 20.7 Å². The first kappa shape index (κ1) is 34.8. The highest BCUT2D eigenvalue weighted by molar-refractivity contribution is 5.90. The molecule has 0 amide bonds. The Labute approximate surface area is 281 Å². The van der Waals surface area contributed by atoms with Crippen LogP contribution in [0.3, 0.4) is 0 Å². The highest BCUT2D eigenvalue weighted by Crippen LogP contribution is 2.34. The van der Waals surface area contributed by atoms with Gasteiger partial charge in [-0.3, -0.25) is 9.67 Å². The largest absolute Gasteiger partial charge is 0.490 e. The van der Waals surface area contributed by atoms with Gasteiger partial charge < -0.3 is 20.8 Å². The number of rotatable bonds is 11. The third-order valence-corrected chi connectivity index (χ3v) is 8.34. The molecule has 49 heavy (non-hydrogen) atoms. The highest BCUT2D eigenvalue weighted by atomic mass is 19.4. The SMILES string of the molecule is NCc1cccc(-c2ccc(CCN(CCCn3nc4c(c3C(=O)O)CCc3cnccc3-4)c3ccccc3)cc2)c1.O=C(O)C(F)(F)F. The summed E-state index contributed by atoms with van der Waals surface area (Å²) < 4.78 is 33.4. The van der Waals surface area contributed by atoms with Crippen molar-refractivity contribution in [2.75, 3.05) is 18.0 Å². The van der Waals surface area contributed by atoms with Crippen LogP contribution in [0.2, 0.25) is 0 Å². The molecule has 1 aliphatic carbocycles. The number of anilines is 1. The van der Waals surface area contributed by atoms with Gasteiger partial charge in [0.2, 0.25) is 0 Å². The lowest BCUT2D eigenvalue weighted by molar-refractivity contribution is -0.192. The summed E-state index contributed by atoms with van der Waals surface area (Å²) in [6.45, 7) is 2.72. The topological polar surface area (TPSA) is 135 Å². The van der Waals surface area contributed by atoms with Crippen molar-refractivity contribution >= 4 is 17.6 Å². The Balaban J connectivity index is 0.000000606. The van der Waals surface area contributed by atoms with Gasteiger partial charge >= 0.3 is 18.1 Å². The lowest BCUT2D eigenvalue weighted by atomic mass is 9.90. The smallest absolute Gasteiger partial charge is 0.477 e. The molecule has 5 aromatic rings. The summed E-state index contributed by atoms with van der Waals surface area (Å²) in [7, 11) is 0. The van der Waals surface area contributed by atoms with Gasteiger partial charge in [0, 0.05) is 55.4 Å². The lowest BCUT2D eigenvalue weighted by Gasteiger charge is -2.25. The van der Waals surface area contributed by atoms with Crippen LogP contribution in [0.4, 0.5) is 18.9 Å². The third kappa shape index (κ3) is 8.71. The van der Waals surface area contributed by atoms with Crippen LogP contribution in [0.1, 0.15) is 39.2 Å². The predicted molar refractivity (Wildman–Crippen MR) is 180 cm³/mol. The molecule has 254 valence electrons. The molecule has 0 bridgehead atoms. The van der Waals surface area contributed by atoms with Crippen LogP contribution in [-0.4, -0.2) is 56.2 Å². The van der Waals surface area contributed by atoms with Gasteiger partial charge in [0.25, 0.3) is 0 Å². The summed E-state index contributed by atoms with van der Waals surface area (Å²) in [5, 5.41) is 22.0. The molecule has 6 rings (SSSR count). The van der Waals surface area contributed by atoms with Gasteiger partial charge in [-0.05, 0) is 77.8 Å². The number of pyridine rings is 1. The van der Waals surface area contributed by atoms with Crippen molar-refractivity contribution in [2.45, 2.75) is 44.9 Å². The van der Waals surface area contributed by atoms with Crippen molar-refractivity contribution in [3.05, 3.63) is 125 Å². The van der Waals surface area contributed by atoms with Crippen LogP contribution in [0, 0.1) is 0 Å². The lowest BCUT2D eigenvalue weighted by Crippen LogP contribution is -2.28. The number of carboxylic acids is 2. The Kier molecular flexibility index (Phi) is 11.1. The van der Waals surface area contributed by atoms with E-state index in [1.165, 1.54) is 16.7 Å². The highest BCUT2D eigenvalue weighted by Gasteiger charge is 2.38. The van der Waals surface area contributed by atoms with Crippen molar-refractivity contribution < 1.29 is 33.0 Å². The molecular formula is C37H36F3N5O4. The molecule has 12 heteroatoms. The number of hydrogen-bond donors (Lipinski definition) is 3. The molecule has 0 unspecified atom stereocenters. The van der Waals surface area contributed by atoms with Gasteiger partial charge in [-0.2, -0.15) is 18.3 Å². The number of carbonyl (C=O) groups is 2. The maximum atomic E-state index is 12.3. The van der Waals surface area contributed by atoms with Crippen molar-refractivity contribution in [3.63, 3.8) is 0 Å². The van der Waals surface area contributed by atoms with E-state index in [9.17, 15) is 23.1 Å². The quantitative estimate of drug-likeness (QED) is 0.142. The summed E-state index contributed by atoms with van der Waals surface area (Å²) in [4.78, 5) is 27.8. The Hall–Kier alpha value is -5.49. The van der Waals surface area contributed by atoms with E-state index in [2.05, 4.69) is 82.7 Å². The molecule has 2 aromatic heterocycles. The summed E-state index contributed by atoms with van der Waals surface area (Å²) in [5.41, 5.74) is 15.8. The maximum Gasteiger partial charge on any atom is 0.490 e. The molecule has 0 spiro atoms. The van der Waals surface area contributed by atoms with Crippen LogP contribution < -0.4 is 10.6 Å². The Bertz CT molecular complexity index is 1890. The fourth-order valence-electron chi connectivity index (χ4n) is 5.90. The summed E-state index contributed by atoms with van der Waals surface area (Å²) in [6, 6.07) is 29.5. The van der Waals surface area contributed by atoms with E-state index in [0.29, 0.717) is 25.2 Å². The number of nitrogens with zero attached hydrogens (tertiary/aromatic N) is 4. The Morgan fingerprint density at radius 3 is 2.29 bits per heavy atom. The number of aromatic carboxylic acids is 1. The fraction of sp³-hybridized carbons (Fsp3) is 0.243. The van der Waals surface area contributed by atoms with E-state index in [1.54, 1.807) is 10.9 Å². The second-order valence-electron chi connectivity index (χ2n) is 11.6.